The molecule has 1 aromatic rings. The minimum absolute atomic E-state index is 0.239. The first-order chi connectivity index (χ1) is 8.95. The highest BCUT2D eigenvalue weighted by molar-refractivity contribution is 9.10. The van der Waals surface area contributed by atoms with Crippen molar-refractivity contribution < 1.29 is 9.50 Å². The van der Waals surface area contributed by atoms with Crippen LogP contribution in [0.4, 0.5) is 4.39 Å². The van der Waals surface area contributed by atoms with Crippen LogP contribution in [-0.4, -0.2) is 11.2 Å². The van der Waals surface area contributed by atoms with E-state index in [1.54, 1.807) is 6.07 Å². The van der Waals surface area contributed by atoms with E-state index in [1.165, 1.54) is 11.6 Å². The lowest BCUT2D eigenvalue weighted by molar-refractivity contribution is 0.0924. The molecular weight excluding hydrogens is 307 g/mol. The topological polar surface area (TPSA) is 20.2 Å². The van der Waals surface area contributed by atoms with Gasteiger partial charge in [0.15, 0.2) is 0 Å². The average molecular weight is 327 g/mol. The van der Waals surface area contributed by atoms with Crippen molar-refractivity contribution >= 4 is 15.9 Å². The van der Waals surface area contributed by atoms with Crippen molar-refractivity contribution in [3.05, 3.63) is 45.7 Å². The second-order valence-corrected chi connectivity index (χ2v) is 6.61. The molecule has 3 heteroatoms. The van der Waals surface area contributed by atoms with Gasteiger partial charge in [-0.1, -0.05) is 40.6 Å². The van der Waals surface area contributed by atoms with E-state index < -0.39 is 6.10 Å². The van der Waals surface area contributed by atoms with Crippen LogP contribution in [-0.2, 0) is 6.42 Å². The summed E-state index contributed by atoms with van der Waals surface area (Å²) in [4.78, 5) is 0. The largest absolute Gasteiger partial charge is 0.392 e. The second-order valence-electron chi connectivity index (χ2n) is 5.70. The van der Waals surface area contributed by atoms with Crippen LogP contribution in [0.2, 0.25) is 0 Å². The molecule has 2 rings (SSSR count). The first kappa shape index (κ1) is 14.7. The molecule has 0 aliphatic heterocycles. The van der Waals surface area contributed by atoms with Gasteiger partial charge in [0.25, 0.3) is 0 Å². The first-order valence-corrected chi connectivity index (χ1v) is 7.54. The summed E-state index contributed by atoms with van der Waals surface area (Å²) in [5, 5.41) is 10.4. The number of hydrogen-bond acceptors (Lipinski definition) is 1. The molecule has 0 radical (unpaired) electrons. The number of rotatable bonds is 3. The van der Waals surface area contributed by atoms with Crippen LogP contribution in [0.5, 0.6) is 0 Å². The van der Waals surface area contributed by atoms with Crippen molar-refractivity contribution in [2.45, 2.75) is 39.2 Å². The number of benzene rings is 1. The van der Waals surface area contributed by atoms with E-state index in [9.17, 15) is 9.50 Å². The highest BCUT2D eigenvalue weighted by Gasteiger charge is 2.25. The number of hydrogen-bond donors (Lipinski definition) is 1. The fourth-order valence-electron chi connectivity index (χ4n) is 2.97. The van der Waals surface area contributed by atoms with Crippen LogP contribution in [0.25, 0.3) is 0 Å². The van der Waals surface area contributed by atoms with Crippen molar-refractivity contribution in [1.29, 1.82) is 0 Å². The van der Waals surface area contributed by atoms with E-state index in [0.29, 0.717) is 17.9 Å². The molecule has 1 N–H and O–H groups in total. The predicted molar refractivity (Wildman–Crippen MR) is 79.5 cm³/mol. The fourth-order valence-corrected chi connectivity index (χ4v) is 3.30. The average Bonchev–Trinajstić information content (AvgIpc) is 2.31. The molecule has 0 amide bonds. The summed E-state index contributed by atoms with van der Waals surface area (Å²) in [7, 11) is 0. The fraction of sp³-hybridized carbons (Fsp3) is 0.500. The lowest BCUT2D eigenvalue weighted by Gasteiger charge is -2.29. The maximum Gasteiger partial charge on any atom is 0.127 e. The Kier molecular flexibility index (Phi) is 4.80. The molecule has 0 fully saturated rings. The summed E-state index contributed by atoms with van der Waals surface area (Å²) < 4.78 is 14.5. The second kappa shape index (κ2) is 6.19. The zero-order chi connectivity index (χ0) is 14.0. The number of halogens is 2. The molecule has 0 spiro atoms. The third-order valence-corrected chi connectivity index (χ3v) is 4.31. The van der Waals surface area contributed by atoms with Crippen molar-refractivity contribution in [2.24, 2.45) is 11.8 Å². The van der Waals surface area contributed by atoms with Gasteiger partial charge in [-0.15, -0.1) is 0 Å². The SMILES string of the molecule is CC1=CC(C)CC(C(O)Cc2ccc(Br)cc2F)C1. The highest BCUT2D eigenvalue weighted by atomic mass is 79.9. The Balaban J connectivity index is 2.05. The predicted octanol–water partition coefficient (Wildman–Crippen LogP) is 4.48. The molecule has 1 aliphatic rings. The third kappa shape index (κ3) is 3.90. The maximum atomic E-state index is 13.8. The maximum absolute atomic E-state index is 13.8. The molecule has 1 aromatic carbocycles. The Morgan fingerprint density at radius 1 is 1.47 bits per heavy atom. The van der Waals surface area contributed by atoms with Gasteiger partial charge >= 0.3 is 0 Å². The van der Waals surface area contributed by atoms with Crippen molar-refractivity contribution in [3.8, 4) is 0 Å². The van der Waals surface area contributed by atoms with Gasteiger partial charge in [0, 0.05) is 10.9 Å². The Bertz CT molecular complexity index is 484. The van der Waals surface area contributed by atoms with Gasteiger partial charge in [-0.25, -0.2) is 4.39 Å². The molecule has 0 heterocycles. The molecule has 1 nitrogen and oxygen atoms in total. The van der Waals surface area contributed by atoms with Crippen LogP contribution >= 0.6 is 15.9 Å². The smallest absolute Gasteiger partial charge is 0.127 e. The number of aliphatic hydroxyl groups excluding tert-OH is 1. The summed E-state index contributed by atoms with van der Waals surface area (Å²) in [5.41, 5.74) is 1.93. The van der Waals surface area contributed by atoms with Crippen LogP contribution < -0.4 is 0 Å². The lowest BCUT2D eigenvalue weighted by atomic mass is 9.79. The minimum Gasteiger partial charge on any atom is -0.392 e. The molecular formula is C16H20BrFO. The Hall–Kier alpha value is -0.670. The number of allylic oxidation sites excluding steroid dienone is 2. The van der Waals surface area contributed by atoms with Crippen molar-refractivity contribution in [1.82, 2.24) is 0 Å². The summed E-state index contributed by atoms with van der Waals surface area (Å²) >= 11 is 3.24. The van der Waals surface area contributed by atoms with E-state index in [4.69, 9.17) is 0 Å². The zero-order valence-electron chi connectivity index (χ0n) is 11.4. The Morgan fingerprint density at radius 2 is 2.21 bits per heavy atom. The minimum atomic E-state index is -0.471. The monoisotopic (exact) mass is 326 g/mol. The Labute approximate surface area is 122 Å². The van der Waals surface area contributed by atoms with E-state index in [2.05, 4.69) is 35.9 Å². The van der Waals surface area contributed by atoms with Gasteiger partial charge in [-0.05, 0) is 49.3 Å². The Morgan fingerprint density at radius 3 is 2.84 bits per heavy atom. The number of aliphatic hydroxyl groups is 1. The van der Waals surface area contributed by atoms with E-state index in [1.807, 2.05) is 6.07 Å². The standard InChI is InChI=1S/C16H20BrFO/c1-10-5-11(2)7-13(6-10)16(19)8-12-3-4-14(17)9-15(12)18/h3-5,9-10,13,16,19H,6-8H2,1-2H3. The zero-order valence-corrected chi connectivity index (χ0v) is 13.0. The molecule has 0 saturated heterocycles. The highest BCUT2D eigenvalue weighted by Crippen LogP contribution is 2.31. The quantitative estimate of drug-likeness (QED) is 0.812. The third-order valence-electron chi connectivity index (χ3n) is 3.82. The first-order valence-electron chi connectivity index (χ1n) is 6.75. The van der Waals surface area contributed by atoms with Gasteiger partial charge in [-0.2, -0.15) is 0 Å². The molecule has 3 unspecified atom stereocenters. The van der Waals surface area contributed by atoms with E-state index >= 15 is 0 Å². The summed E-state index contributed by atoms with van der Waals surface area (Å²) in [5.74, 6) is 0.496. The molecule has 19 heavy (non-hydrogen) atoms. The van der Waals surface area contributed by atoms with Gasteiger partial charge in [-0.3, -0.25) is 0 Å². The molecule has 0 saturated carbocycles. The summed E-state index contributed by atoms with van der Waals surface area (Å²) in [6.07, 6.45) is 4.09. The normalized spacial score (nSPS) is 25.0. The van der Waals surface area contributed by atoms with Crippen LogP contribution in [0.3, 0.4) is 0 Å². The summed E-state index contributed by atoms with van der Waals surface area (Å²) in [6, 6.07) is 5.02. The molecule has 0 bridgehead atoms. The molecule has 3 atom stereocenters. The van der Waals surface area contributed by atoms with Crippen LogP contribution in [0, 0.1) is 17.7 Å². The van der Waals surface area contributed by atoms with E-state index in [0.717, 1.165) is 17.3 Å². The van der Waals surface area contributed by atoms with Gasteiger partial charge in [0.1, 0.15) is 5.82 Å². The van der Waals surface area contributed by atoms with Crippen LogP contribution in [0.15, 0.2) is 34.3 Å². The molecule has 104 valence electrons. The van der Waals surface area contributed by atoms with E-state index in [-0.39, 0.29) is 11.7 Å². The van der Waals surface area contributed by atoms with Gasteiger partial charge in [0.05, 0.1) is 6.10 Å². The van der Waals surface area contributed by atoms with Crippen LogP contribution in [0.1, 0.15) is 32.3 Å². The van der Waals surface area contributed by atoms with Gasteiger partial charge < -0.3 is 5.11 Å². The van der Waals surface area contributed by atoms with Crippen molar-refractivity contribution in [2.75, 3.05) is 0 Å². The molecule has 0 aromatic heterocycles. The summed E-state index contributed by atoms with van der Waals surface area (Å²) in [6.45, 7) is 4.28. The van der Waals surface area contributed by atoms with Crippen molar-refractivity contribution in [3.63, 3.8) is 0 Å². The lowest BCUT2D eigenvalue weighted by Crippen LogP contribution is -2.27. The molecule has 1 aliphatic carbocycles. The van der Waals surface area contributed by atoms with Gasteiger partial charge in [0.2, 0.25) is 0 Å².